The third-order valence-electron chi connectivity index (χ3n) is 4.85. The van der Waals surface area contributed by atoms with Crippen molar-refractivity contribution in [3.63, 3.8) is 0 Å². The summed E-state index contributed by atoms with van der Waals surface area (Å²) in [5, 5.41) is 2.96. The molecule has 0 aliphatic heterocycles. The quantitative estimate of drug-likeness (QED) is 0.517. The fourth-order valence-corrected chi connectivity index (χ4v) is 3.95. The second kappa shape index (κ2) is 10.9. The Morgan fingerprint density at radius 3 is 2.48 bits per heavy atom. The van der Waals surface area contributed by atoms with E-state index in [0.717, 1.165) is 23.5 Å². The first-order chi connectivity index (χ1) is 14.7. The van der Waals surface area contributed by atoms with Crippen LogP contribution in [0.25, 0.3) is 0 Å². The average molecular weight is 446 g/mol. The average Bonchev–Trinajstić information content (AvgIpc) is 3.08. The molecule has 0 saturated heterocycles. The van der Waals surface area contributed by atoms with Crippen LogP contribution in [0.5, 0.6) is 0 Å². The van der Waals surface area contributed by atoms with Crippen molar-refractivity contribution in [2.45, 2.75) is 53.0 Å². The van der Waals surface area contributed by atoms with Gasteiger partial charge in [0.2, 0.25) is 5.91 Å². The SMILES string of the molecule is CCC[C@@H](C(=O)NCCC(C)C)N(C(=O)c1snc(C(N)=O)c1N)c1cccc(C)c1. The van der Waals surface area contributed by atoms with E-state index in [1.54, 1.807) is 6.07 Å². The lowest BCUT2D eigenvalue weighted by atomic mass is 10.1. The summed E-state index contributed by atoms with van der Waals surface area (Å²) in [4.78, 5) is 39.8. The molecule has 0 aliphatic rings. The van der Waals surface area contributed by atoms with Crippen molar-refractivity contribution in [2.75, 3.05) is 17.2 Å². The number of nitrogen functional groups attached to an aromatic ring is 1. The molecule has 8 nitrogen and oxygen atoms in total. The van der Waals surface area contributed by atoms with Crippen molar-refractivity contribution in [3.05, 3.63) is 40.4 Å². The number of aromatic nitrogens is 1. The van der Waals surface area contributed by atoms with Gasteiger partial charge >= 0.3 is 0 Å². The number of carbonyl (C=O) groups excluding carboxylic acids is 3. The monoisotopic (exact) mass is 445 g/mol. The summed E-state index contributed by atoms with van der Waals surface area (Å²) in [5.41, 5.74) is 12.7. The zero-order chi connectivity index (χ0) is 23.1. The third-order valence-corrected chi connectivity index (χ3v) is 5.70. The molecule has 0 spiro atoms. The van der Waals surface area contributed by atoms with Gasteiger partial charge in [-0.3, -0.25) is 19.3 Å². The highest BCUT2D eigenvalue weighted by Crippen LogP contribution is 2.29. The van der Waals surface area contributed by atoms with Crippen LogP contribution in [0.1, 0.15) is 65.8 Å². The number of anilines is 2. The minimum atomic E-state index is -0.800. The predicted octanol–water partition coefficient (Wildman–Crippen LogP) is 3.11. The van der Waals surface area contributed by atoms with Crippen LogP contribution >= 0.6 is 11.5 Å². The number of nitrogens with zero attached hydrogens (tertiary/aromatic N) is 2. The highest BCUT2D eigenvalue weighted by molar-refractivity contribution is 7.09. The van der Waals surface area contributed by atoms with Gasteiger partial charge in [0.05, 0.1) is 5.69 Å². The predicted molar refractivity (Wildman–Crippen MR) is 124 cm³/mol. The van der Waals surface area contributed by atoms with E-state index in [-0.39, 0.29) is 22.2 Å². The van der Waals surface area contributed by atoms with E-state index >= 15 is 0 Å². The summed E-state index contributed by atoms with van der Waals surface area (Å²) < 4.78 is 3.94. The molecule has 2 rings (SSSR count). The van der Waals surface area contributed by atoms with Crippen molar-refractivity contribution < 1.29 is 14.4 Å². The fraction of sp³-hybridized carbons (Fsp3) is 0.455. The lowest BCUT2D eigenvalue weighted by Crippen LogP contribution is -2.50. The molecule has 1 heterocycles. The largest absolute Gasteiger partial charge is 0.395 e. The summed E-state index contributed by atoms with van der Waals surface area (Å²) in [5.74, 6) is -1.06. The van der Waals surface area contributed by atoms with Crippen LogP contribution in [0.15, 0.2) is 24.3 Å². The van der Waals surface area contributed by atoms with Gasteiger partial charge in [0.25, 0.3) is 11.8 Å². The molecular formula is C22H31N5O3S. The van der Waals surface area contributed by atoms with Crippen LogP contribution < -0.4 is 21.7 Å². The molecule has 1 atom stereocenters. The normalized spacial score (nSPS) is 11.9. The number of aryl methyl sites for hydroxylation is 1. The van der Waals surface area contributed by atoms with Crippen molar-refractivity contribution in [3.8, 4) is 0 Å². The molecule has 9 heteroatoms. The van der Waals surface area contributed by atoms with Gasteiger partial charge in [-0.15, -0.1) is 0 Å². The zero-order valence-electron chi connectivity index (χ0n) is 18.5. The van der Waals surface area contributed by atoms with Crippen molar-refractivity contribution >= 4 is 40.6 Å². The van der Waals surface area contributed by atoms with Crippen LogP contribution in [-0.4, -0.2) is 34.7 Å². The van der Waals surface area contributed by atoms with Crippen LogP contribution in [0.3, 0.4) is 0 Å². The molecule has 1 aromatic heterocycles. The second-order valence-electron chi connectivity index (χ2n) is 7.93. The molecule has 2 aromatic rings. The highest BCUT2D eigenvalue weighted by Gasteiger charge is 2.34. The summed E-state index contributed by atoms with van der Waals surface area (Å²) in [6.07, 6.45) is 2.00. The van der Waals surface area contributed by atoms with Gasteiger partial charge in [-0.1, -0.05) is 39.3 Å². The Labute approximate surface area is 187 Å². The van der Waals surface area contributed by atoms with E-state index in [0.29, 0.717) is 31.0 Å². The van der Waals surface area contributed by atoms with Crippen molar-refractivity contribution in [2.24, 2.45) is 11.7 Å². The van der Waals surface area contributed by atoms with Gasteiger partial charge in [0.15, 0.2) is 5.69 Å². The van der Waals surface area contributed by atoms with Gasteiger partial charge in [0.1, 0.15) is 10.9 Å². The van der Waals surface area contributed by atoms with E-state index in [9.17, 15) is 14.4 Å². The maximum atomic E-state index is 13.6. The topological polar surface area (TPSA) is 131 Å². The van der Waals surface area contributed by atoms with Crippen molar-refractivity contribution in [1.82, 2.24) is 9.69 Å². The standard InChI is InChI=1S/C22H31N5O3S/c1-5-7-16(21(29)25-11-10-13(2)3)27(15-9-6-8-14(4)12-15)22(30)19-17(23)18(20(24)28)26-31-19/h6,8-9,12-13,16H,5,7,10-11,23H2,1-4H3,(H2,24,28)(H,25,29)/t16-/m0/s1. The Morgan fingerprint density at radius 2 is 1.94 bits per heavy atom. The fourth-order valence-electron chi connectivity index (χ4n) is 3.21. The lowest BCUT2D eigenvalue weighted by Gasteiger charge is -2.31. The smallest absolute Gasteiger partial charge is 0.272 e. The van der Waals surface area contributed by atoms with Crippen LogP contribution in [-0.2, 0) is 4.79 Å². The van der Waals surface area contributed by atoms with Gasteiger partial charge in [-0.2, -0.15) is 4.37 Å². The molecule has 1 aromatic carbocycles. The minimum Gasteiger partial charge on any atom is -0.395 e. The van der Waals surface area contributed by atoms with Crippen molar-refractivity contribution in [1.29, 1.82) is 0 Å². The highest BCUT2D eigenvalue weighted by atomic mass is 32.1. The molecule has 0 fully saturated rings. The molecule has 5 N–H and O–H groups in total. The Morgan fingerprint density at radius 1 is 1.23 bits per heavy atom. The van der Waals surface area contributed by atoms with E-state index in [2.05, 4.69) is 23.5 Å². The Bertz CT molecular complexity index is 941. The van der Waals surface area contributed by atoms with E-state index in [4.69, 9.17) is 11.5 Å². The summed E-state index contributed by atoms with van der Waals surface area (Å²) in [6.45, 7) is 8.57. The summed E-state index contributed by atoms with van der Waals surface area (Å²) in [7, 11) is 0. The molecule has 0 saturated carbocycles. The molecule has 0 bridgehead atoms. The first-order valence-electron chi connectivity index (χ1n) is 10.4. The lowest BCUT2D eigenvalue weighted by molar-refractivity contribution is -0.122. The first kappa shape index (κ1) is 24.3. The van der Waals surface area contributed by atoms with E-state index in [1.807, 2.05) is 32.0 Å². The maximum absolute atomic E-state index is 13.6. The van der Waals surface area contributed by atoms with Crippen LogP contribution in [0.2, 0.25) is 0 Å². The second-order valence-corrected chi connectivity index (χ2v) is 8.70. The molecule has 0 radical (unpaired) electrons. The molecule has 3 amide bonds. The molecule has 168 valence electrons. The summed E-state index contributed by atoms with van der Waals surface area (Å²) in [6, 6.07) is 6.63. The first-order valence-corrected chi connectivity index (χ1v) is 11.2. The van der Waals surface area contributed by atoms with Gasteiger partial charge in [-0.25, -0.2) is 0 Å². The number of nitrogens with two attached hydrogens (primary N) is 2. The van der Waals surface area contributed by atoms with Gasteiger partial charge in [-0.05, 0) is 54.9 Å². The number of primary amides is 1. The number of rotatable bonds is 10. The third kappa shape index (κ3) is 6.04. The molecule has 31 heavy (non-hydrogen) atoms. The number of hydrogen-bond acceptors (Lipinski definition) is 6. The number of nitrogens with one attached hydrogen (secondary N) is 1. The minimum absolute atomic E-state index is 0.0596. The zero-order valence-corrected chi connectivity index (χ0v) is 19.3. The number of amides is 3. The van der Waals surface area contributed by atoms with Crippen LogP contribution in [0, 0.1) is 12.8 Å². The molecule has 0 aliphatic carbocycles. The van der Waals surface area contributed by atoms with Gasteiger partial charge < -0.3 is 16.8 Å². The maximum Gasteiger partial charge on any atom is 0.272 e. The molecular weight excluding hydrogens is 414 g/mol. The Hall–Kier alpha value is -2.94. The molecule has 0 unspecified atom stereocenters. The Balaban J connectivity index is 2.49. The van der Waals surface area contributed by atoms with E-state index < -0.39 is 17.9 Å². The van der Waals surface area contributed by atoms with E-state index in [1.165, 1.54) is 4.90 Å². The number of carbonyl (C=O) groups is 3. The van der Waals surface area contributed by atoms with Crippen LogP contribution in [0.4, 0.5) is 11.4 Å². The number of hydrogen-bond donors (Lipinski definition) is 3. The van der Waals surface area contributed by atoms with Gasteiger partial charge in [0, 0.05) is 12.2 Å². The Kier molecular flexibility index (Phi) is 8.56. The number of benzene rings is 1. The summed E-state index contributed by atoms with van der Waals surface area (Å²) >= 11 is 0.810.